The highest BCUT2D eigenvalue weighted by Crippen LogP contribution is 2.42. The van der Waals surface area contributed by atoms with Crippen LogP contribution in [0.3, 0.4) is 0 Å². The summed E-state index contributed by atoms with van der Waals surface area (Å²) < 4.78 is 0. The number of rotatable bonds is 2. The summed E-state index contributed by atoms with van der Waals surface area (Å²) in [6, 6.07) is 8.92. The molecule has 0 saturated heterocycles. The second-order valence-electron chi connectivity index (χ2n) is 6.91. The van der Waals surface area contributed by atoms with Crippen molar-refractivity contribution in [2.24, 2.45) is 17.6 Å². The molecule has 20 heavy (non-hydrogen) atoms. The van der Waals surface area contributed by atoms with E-state index in [1.165, 1.54) is 43.4 Å². The molecule has 1 aliphatic carbocycles. The van der Waals surface area contributed by atoms with Gasteiger partial charge in [0.25, 0.3) is 0 Å². The summed E-state index contributed by atoms with van der Waals surface area (Å²) in [7, 11) is 0. The maximum absolute atomic E-state index is 6.30. The lowest BCUT2D eigenvalue weighted by Gasteiger charge is -2.53. The molecular weight excluding hydrogens is 244 g/mol. The first kappa shape index (κ1) is 14.1. The molecule has 3 rings (SSSR count). The second kappa shape index (κ2) is 5.50. The third kappa shape index (κ3) is 2.19. The van der Waals surface area contributed by atoms with Crippen molar-refractivity contribution >= 4 is 0 Å². The van der Waals surface area contributed by atoms with Gasteiger partial charge < -0.3 is 5.73 Å². The summed E-state index contributed by atoms with van der Waals surface area (Å²) in [5, 5.41) is 0. The van der Waals surface area contributed by atoms with Gasteiger partial charge in [-0.1, -0.05) is 51.0 Å². The molecule has 2 aliphatic rings. The molecule has 1 heterocycles. The van der Waals surface area contributed by atoms with Gasteiger partial charge >= 0.3 is 0 Å². The maximum Gasteiger partial charge on any atom is 0.0363 e. The lowest BCUT2D eigenvalue weighted by Crippen LogP contribution is -2.61. The fourth-order valence-corrected chi connectivity index (χ4v) is 4.48. The van der Waals surface area contributed by atoms with Gasteiger partial charge in [-0.25, -0.2) is 0 Å². The van der Waals surface area contributed by atoms with E-state index in [0.717, 1.165) is 19.0 Å². The monoisotopic (exact) mass is 272 g/mol. The van der Waals surface area contributed by atoms with Gasteiger partial charge in [-0.15, -0.1) is 0 Å². The summed E-state index contributed by atoms with van der Waals surface area (Å²) in [6.45, 7) is 7.90. The van der Waals surface area contributed by atoms with Gasteiger partial charge in [0.15, 0.2) is 0 Å². The smallest absolute Gasteiger partial charge is 0.0363 e. The van der Waals surface area contributed by atoms with Crippen LogP contribution in [0.4, 0.5) is 0 Å². The lowest BCUT2D eigenvalue weighted by atomic mass is 9.67. The van der Waals surface area contributed by atoms with Crippen molar-refractivity contribution in [2.75, 3.05) is 13.1 Å². The summed E-state index contributed by atoms with van der Waals surface area (Å²) in [6.07, 6.45) is 5.16. The first-order valence-electron chi connectivity index (χ1n) is 8.19. The van der Waals surface area contributed by atoms with E-state index in [0.29, 0.717) is 5.92 Å². The highest BCUT2D eigenvalue weighted by atomic mass is 15.2. The number of benzene rings is 1. The molecule has 110 valence electrons. The fourth-order valence-electron chi connectivity index (χ4n) is 4.48. The summed E-state index contributed by atoms with van der Waals surface area (Å²) in [5.74, 6) is 1.50. The Balaban J connectivity index is 1.88. The van der Waals surface area contributed by atoms with Crippen LogP contribution in [0.1, 0.15) is 44.2 Å². The molecule has 0 aromatic heterocycles. The van der Waals surface area contributed by atoms with Crippen LogP contribution in [0.5, 0.6) is 0 Å². The Morgan fingerprint density at radius 1 is 1.25 bits per heavy atom. The van der Waals surface area contributed by atoms with Crippen LogP contribution in [-0.4, -0.2) is 23.5 Å². The highest BCUT2D eigenvalue weighted by Gasteiger charge is 2.45. The van der Waals surface area contributed by atoms with Crippen molar-refractivity contribution in [3.05, 3.63) is 35.4 Å². The van der Waals surface area contributed by atoms with Crippen molar-refractivity contribution in [3.8, 4) is 0 Å². The highest BCUT2D eigenvalue weighted by molar-refractivity contribution is 5.29. The second-order valence-corrected chi connectivity index (χ2v) is 6.91. The molecule has 1 aromatic carbocycles. The van der Waals surface area contributed by atoms with Gasteiger partial charge in [0.1, 0.15) is 0 Å². The molecule has 0 bridgehead atoms. The molecule has 0 spiro atoms. The van der Waals surface area contributed by atoms with Gasteiger partial charge in [-0.3, -0.25) is 4.90 Å². The molecule has 3 atom stereocenters. The molecule has 1 fully saturated rings. The molecule has 0 amide bonds. The minimum Gasteiger partial charge on any atom is -0.329 e. The van der Waals surface area contributed by atoms with E-state index in [-0.39, 0.29) is 5.54 Å². The Morgan fingerprint density at radius 2 is 2.00 bits per heavy atom. The first-order chi connectivity index (χ1) is 9.67. The van der Waals surface area contributed by atoms with Crippen LogP contribution < -0.4 is 5.73 Å². The molecule has 3 unspecified atom stereocenters. The lowest BCUT2D eigenvalue weighted by molar-refractivity contribution is -0.0198. The Morgan fingerprint density at radius 3 is 2.75 bits per heavy atom. The molecule has 2 N–H and O–H groups in total. The van der Waals surface area contributed by atoms with Crippen LogP contribution in [-0.2, 0) is 13.0 Å². The van der Waals surface area contributed by atoms with E-state index < -0.39 is 0 Å². The van der Waals surface area contributed by atoms with Crippen molar-refractivity contribution in [1.29, 1.82) is 0 Å². The molecule has 2 nitrogen and oxygen atoms in total. The first-order valence-corrected chi connectivity index (χ1v) is 8.19. The van der Waals surface area contributed by atoms with Crippen LogP contribution in [0.2, 0.25) is 0 Å². The zero-order valence-corrected chi connectivity index (χ0v) is 12.9. The zero-order valence-electron chi connectivity index (χ0n) is 12.9. The van der Waals surface area contributed by atoms with Gasteiger partial charge in [0, 0.05) is 25.2 Å². The maximum atomic E-state index is 6.30. The quantitative estimate of drug-likeness (QED) is 0.896. The van der Waals surface area contributed by atoms with E-state index in [2.05, 4.69) is 43.0 Å². The third-order valence-electron chi connectivity index (χ3n) is 6.08. The fraction of sp³-hybridized carbons (Fsp3) is 0.667. The Bertz CT molecular complexity index is 470. The molecule has 1 saturated carbocycles. The molecule has 1 aromatic rings. The van der Waals surface area contributed by atoms with Crippen molar-refractivity contribution in [2.45, 2.75) is 51.6 Å². The van der Waals surface area contributed by atoms with Crippen LogP contribution in [0, 0.1) is 11.8 Å². The Kier molecular flexibility index (Phi) is 3.87. The number of fused-ring (bicyclic) bond motifs is 1. The predicted octanol–water partition coefficient (Wildman–Crippen LogP) is 3.20. The van der Waals surface area contributed by atoms with E-state index in [4.69, 9.17) is 5.73 Å². The third-order valence-corrected chi connectivity index (χ3v) is 6.08. The average Bonchev–Trinajstić information content (AvgIpc) is 2.50. The summed E-state index contributed by atoms with van der Waals surface area (Å²) >= 11 is 0. The SMILES string of the molecule is CC1CCCC(CN)(N2CCc3ccccc3C2)C1C. The minimum absolute atomic E-state index is 0.227. The predicted molar refractivity (Wildman–Crippen MR) is 84.5 cm³/mol. The van der Waals surface area contributed by atoms with E-state index >= 15 is 0 Å². The number of nitrogens with zero attached hydrogens (tertiary/aromatic N) is 1. The van der Waals surface area contributed by atoms with Crippen molar-refractivity contribution in [1.82, 2.24) is 4.90 Å². The molecular formula is C18H28N2. The van der Waals surface area contributed by atoms with E-state index in [1.54, 1.807) is 0 Å². The number of hydrogen-bond acceptors (Lipinski definition) is 2. The van der Waals surface area contributed by atoms with Gasteiger partial charge in [0.05, 0.1) is 0 Å². The Hall–Kier alpha value is -0.860. The Labute approximate surface area is 123 Å². The largest absolute Gasteiger partial charge is 0.329 e. The van der Waals surface area contributed by atoms with Crippen molar-refractivity contribution in [3.63, 3.8) is 0 Å². The van der Waals surface area contributed by atoms with Crippen LogP contribution >= 0.6 is 0 Å². The topological polar surface area (TPSA) is 29.3 Å². The molecule has 2 heteroatoms. The number of nitrogens with two attached hydrogens (primary N) is 1. The zero-order chi connectivity index (χ0) is 14.2. The van der Waals surface area contributed by atoms with Gasteiger partial charge in [-0.05, 0) is 35.8 Å². The van der Waals surface area contributed by atoms with Crippen molar-refractivity contribution < 1.29 is 0 Å². The van der Waals surface area contributed by atoms with E-state index in [9.17, 15) is 0 Å². The minimum atomic E-state index is 0.227. The van der Waals surface area contributed by atoms with Crippen LogP contribution in [0.25, 0.3) is 0 Å². The molecule has 0 radical (unpaired) electrons. The summed E-state index contributed by atoms with van der Waals surface area (Å²) in [4.78, 5) is 2.70. The average molecular weight is 272 g/mol. The summed E-state index contributed by atoms with van der Waals surface area (Å²) in [5.41, 5.74) is 9.57. The normalized spacial score (nSPS) is 34.8. The number of hydrogen-bond donors (Lipinski definition) is 1. The van der Waals surface area contributed by atoms with Gasteiger partial charge in [-0.2, -0.15) is 0 Å². The van der Waals surface area contributed by atoms with E-state index in [1.807, 2.05) is 0 Å². The standard InChI is InChI=1S/C18H28N2/c1-14-6-5-10-18(13-19,15(14)2)20-11-9-16-7-3-4-8-17(16)12-20/h3-4,7-8,14-15H,5-6,9-13,19H2,1-2H3. The van der Waals surface area contributed by atoms with Gasteiger partial charge in [0.2, 0.25) is 0 Å². The molecule has 1 aliphatic heterocycles. The van der Waals surface area contributed by atoms with Crippen LogP contribution in [0.15, 0.2) is 24.3 Å².